The van der Waals surface area contributed by atoms with E-state index in [4.69, 9.17) is 0 Å². The molecule has 1 aliphatic heterocycles. The van der Waals surface area contributed by atoms with Crippen LogP contribution in [-0.4, -0.2) is 24.9 Å². The average Bonchev–Trinajstić information content (AvgIpc) is 2.71. The third-order valence-corrected chi connectivity index (χ3v) is 2.70. The van der Waals surface area contributed by atoms with Crippen LogP contribution < -0.4 is 15.4 Å². The molecule has 4 nitrogen and oxygen atoms in total. The zero-order valence-corrected chi connectivity index (χ0v) is 9.96. The molecule has 19 heavy (non-hydrogen) atoms. The van der Waals surface area contributed by atoms with Crippen LogP contribution >= 0.6 is 0 Å². The lowest BCUT2D eigenvalue weighted by molar-refractivity contribution is -0.274. The van der Waals surface area contributed by atoms with Gasteiger partial charge in [0.1, 0.15) is 5.75 Å². The summed E-state index contributed by atoms with van der Waals surface area (Å²) in [4.78, 5) is 11.0. The maximum Gasteiger partial charge on any atom is 0.573 e. The van der Waals surface area contributed by atoms with Gasteiger partial charge < -0.3 is 15.4 Å². The van der Waals surface area contributed by atoms with Gasteiger partial charge in [-0.05, 0) is 17.7 Å². The van der Waals surface area contributed by atoms with E-state index >= 15 is 0 Å². The number of carbonyl (C=O) groups is 1. The Bertz CT molecular complexity index is 463. The number of ether oxygens (including phenoxy) is 1. The van der Waals surface area contributed by atoms with Gasteiger partial charge in [0, 0.05) is 25.6 Å². The van der Waals surface area contributed by atoms with Crippen molar-refractivity contribution in [1.29, 1.82) is 0 Å². The number of hydrogen-bond donors (Lipinski definition) is 2. The molecule has 7 heteroatoms. The summed E-state index contributed by atoms with van der Waals surface area (Å²) in [7, 11) is 0. The molecule has 0 radical (unpaired) electrons. The lowest BCUT2D eigenvalue weighted by atomic mass is 10.2. The molecule has 1 aromatic carbocycles. The van der Waals surface area contributed by atoms with Crippen LogP contribution in [0.3, 0.4) is 0 Å². The number of hydrogen-bond acceptors (Lipinski definition) is 3. The minimum Gasteiger partial charge on any atom is -0.406 e. The zero-order valence-electron chi connectivity index (χ0n) is 9.96. The maximum atomic E-state index is 12.1. The highest BCUT2D eigenvalue weighted by molar-refractivity contribution is 5.78. The molecular formula is C12H13F3N2O2. The lowest BCUT2D eigenvalue weighted by Crippen LogP contribution is -2.30. The van der Waals surface area contributed by atoms with Crippen molar-refractivity contribution in [3.63, 3.8) is 0 Å². The molecule has 0 aromatic heterocycles. The summed E-state index contributed by atoms with van der Waals surface area (Å²) in [5, 5.41) is 5.77. The molecule has 2 rings (SSSR count). The highest BCUT2D eigenvalue weighted by Crippen LogP contribution is 2.23. The normalized spacial score (nSPS) is 19.3. The van der Waals surface area contributed by atoms with Gasteiger partial charge in [-0.3, -0.25) is 4.79 Å². The second kappa shape index (κ2) is 5.48. The molecule has 1 aliphatic rings. The van der Waals surface area contributed by atoms with E-state index in [2.05, 4.69) is 15.4 Å². The van der Waals surface area contributed by atoms with Crippen molar-refractivity contribution < 1.29 is 22.7 Å². The minimum absolute atomic E-state index is 0.0136. The van der Waals surface area contributed by atoms with Crippen LogP contribution in [0.2, 0.25) is 0 Å². The summed E-state index contributed by atoms with van der Waals surface area (Å²) >= 11 is 0. The van der Waals surface area contributed by atoms with Gasteiger partial charge in [0.25, 0.3) is 0 Å². The second-order valence-corrected chi connectivity index (χ2v) is 4.28. The van der Waals surface area contributed by atoms with Crippen molar-refractivity contribution in [2.75, 3.05) is 6.54 Å². The number of amides is 1. The summed E-state index contributed by atoms with van der Waals surface area (Å²) in [5.41, 5.74) is 0.668. The third kappa shape index (κ3) is 4.44. The first-order chi connectivity index (χ1) is 8.92. The second-order valence-electron chi connectivity index (χ2n) is 4.28. The van der Waals surface area contributed by atoms with Gasteiger partial charge in [-0.1, -0.05) is 12.1 Å². The van der Waals surface area contributed by atoms with Crippen molar-refractivity contribution >= 4 is 5.91 Å². The van der Waals surface area contributed by atoms with E-state index in [9.17, 15) is 18.0 Å². The van der Waals surface area contributed by atoms with Crippen molar-refractivity contribution in [3.05, 3.63) is 29.8 Å². The SMILES string of the molecule is O=C1CC(NCc2cccc(OC(F)(F)F)c2)CN1. The Morgan fingerprint density at radius 1 is 1.42 bits per heavy atom. The van der Waals surface area contributed by atoms with Crippen LogP contribution in [0.5, 0.6) is 5.75 Å². The van der Waals surface area contributed by atoms with E-state index in [-0.39, 0.29) is 17.7 Å². The number of nitrogens with one attached hydrogen (secondary N) is 2. The molecule has 2 N–H and O–H groups in total. The van der Waals surface area contributed by atoms with Crippen molar-refractivity contribution in [2.45, 2.75) is 25.4 Å². The van der Waals surface area contributed by atoms with Gasteiger partial charge in [-0.25, -0.2) is 0 Å². The standard InChI is InChI=1S/C12H13F3N2O2/c13-12(14,15)19-10-3-1-2-8(4-10)6-16-9-5-11(18)17-7-9/h1-4,9,16H,5-7H2,(H,17,18). The predicted molar refractivity (Wildman–Crippen MR) is 61.4 cm³/mol. The molecule has 104 valence electrons. The number of benzene rings is 1. The summed E-state index contributed by atoms with van der Waals surface area (Å²) in [6.45, 7) is 0.923. The van der Waals surface area contributed by atoms with E-state index < -0.39 is 6.36 Å². The number of carbonyl (C=O) groups excluding carboxylic acids is 1. The lowest BCUT2D eigenvalue weighted by Gasteiger charge is -2.12. The Morgan fingerprint density at radius 2 is 2.21 bits per heavy atom. The third-order valence-electron chi connectivity index (χ3n) is 2.70. The fourth-order valence-corrected chi connectivity index (χ4v) is 1.86. The molecule has 1 fully saturated rings. The molecule has 1 aromatic rings. The minimum atomic E-state index is -4.69. The summed E-state index contributed by atoms with van der Waals surface area (Å²) < 4.78 is 40.0. The Labute approximate surface area is 107 Å². The molecule has 0 spiro atoms. The van der Waals surface area contributed by atoms with Gasteiger partial charge in [-0.2, -0.15) is 0 Å². The topological polar surface area (TPSA) is 50.4 Å². The van der Waals surface area contributed by atoms with Gasteiger partial charge in [0.05, 0.1) is 0 Å². The Kier molecular flexibility index (Phi) is 3.94. The van der Waals surface area contributed by atoms with Crippen LogP contribution in [0.4, 0.5) is 13.2 Å². The number of halogens is 3. The first-order valence-corrected chi connectivity index (χ1v) is 5.77. The van der Waals surface area contributed by atoms with E-state index in [1.807, 2.05) is 0 Å². The van der Waals surface area contributed by atoms with Gasteiger partial charge in [0.15, 0.2) is 0 Å². The van der Waals surface area contributed by atoms with Crippen LogP contribution in [0.15, 0.2) is 24.3 Å². The Morgan fingerprint density at radius 3 is 2.84 bits per heavy atom. The zero-order chi connectivity index (χ0) is 13.9. The highest BCUT2D eigenvalue weighted by atomic mass is 19.4. The van der Waals surface area contributed by atoms with Crippen molar-refractivity contribution in [3.8, 4) is 5.75 Å². The predicted octanol–water partition coefficient (Wildman–Crippen LogP) is 1.56. The van der Waals surface area contributed by atoms with E-state index in [1.54, 1.807) is 6.07 Å². The fourth-order valence-electron chi connectivity index (χ4n) is 1.86. The monoisotopic (exact) mass is 274 g/mol. The largest absolute Gasteiger partial charge is 0.573 e. The molecule has 1 amide bonds. The first kappa shape index (κ1) is 13.7. The fraction of sp³-hybridized carbons (Fsp3) is 0.417. The number of alkyl halides is 3. The van der Waals surface area contributed by atoms with Gasteiger partial charge in [-0.15, -0.1) is 13.2 Å². The summed E-state index contributed by atoms with van der Waals surface area (Å²) in [5.74, 6) is -0.265. The number of rotatable bonds is 4. The summed E-state index contributed by atoms with van der Waals surface area (Å²) in [6.07, 6.45) is -4.30. The molecule has 1 atom stereocenters. The quantitative estimate of drug-likeness (QED) is 0.876. The molecule has 1 saturated heterocycles. The van der Waals surface area contributed by atoms with Crippen molar-refractivity contribution in [1.82, 2.24) is 10.6 Å². The molecule has 1 heterocycles. The Hall–Kier alpha value is -1.76. The smallest absolute Gasteiger partial charge is 0.406 e. The average molecular weight is 274 g/mol. The first-order valence-electron chi connectivity index (χ1n) is 5.77. The van der Waals surface area contributed by atoms with Crippen LogP contribution in [0.1, 0.15) is 12.0 Å². The summed E-state index contributed by atoms with van der Waals surface area (Å²) in [6, 6.07) is 5.78. The van der Waals surface area contributed by atoms with E-state index in [1.165, 1.54) is 18.2 Å². The maximum absolute atomic E-state index is 12.1. The van der Waals surface area contributed by atoms with E-state index in [0.717, 1.165) is 0 Å². The van der Waals surface area contributed by atoms with Crippen molar-refractivity contribution in [2.24, 2.45) is 0 Å². The molecule has 1 unspecified atom stereocenters. The van der Waals surface area contributed by atoms with Gasteiger partial charge in [0.2, 0.25) is 5.91 Å². The molecule has 0 bridgehead atoms. The van der Waals surface area contributed by atoms with Crippen LogP contribution in [-0.2, 0) is 11.3 Å². The Balaban J connectivity index is 1.90. The van der Waals surface area contributed by atoms with E-state index in [0.29, 0.717) is 25.1 Å². The molecule has 0 saturated carbocycles. The van der Waals surface area contributed by atoms with Gasteiger partial charge >= 0.3 is 6.36 Å². The van der Waals surface area contributed by atoms with Crippen LogP contribution in [0.25, 0.3) is 0 Å². The van der Waals surface area contributed by atoms with Crippen LogP contribution in [0, 0.1) is 0 Å². The highest BCUT2D eigenvalue weighted by Gasteiger charge is 2.31. The molecule has 0 aliphatic carbocycles. The molecular weight excluding hydrogens is 261 g/mol.